The van der Waals surface area contributed by atoms with Crippen LogP contribution in [0.4, 0.5) is 5.69 Å². The number of nitrogens with zero attached hydrogens (tertiary/aromatic N) is 1. The molecule has 0 spiro atoms. The third-order valence-electron chi connectivity index (χ3n) is 5.46. The Labute approximate surface area is 175 Å². The fourth-order valence-electron chi connectivity index (χ4n) is 4.00. The van der Waals surface area contributed by atoms with Crippen molar-refractivity contribution in [3.8, 4) is 11.5 Å². The van der Waals surface area contributed by atoms with Crippen LogP contribution < -0.4 is 19.1 Å². The van der Waals surface area contributed by atoms with Gasteiger partial charge >= 0.3 is 0 Å². The molecule has 2 aromatic carbocycles. The van der Waals surface area contributed by atoms with E-state index in [1.165, 1.54) is 17.7 Å². The molecule has 3 heterocycles. The van der Waals surface area contributed by atoms with Crippen molar-refractivity contribution in [2.75, 3.05) is 31.2 Å². The van der Waals surface area contributed by atoms with Crippen LogP contribution in [0.25, 0.3) is 0 Å². The summed E-state index contributed by atoms with van der Waals surface area (Å²) in [5.41, 5.74) is 2.36. The summed E-state index contributed by atoms with van der Waals surface area (Å²) >= 11 is 0. The van der Waals surface area contributed by atoms with Gasteiger partial charge in [-0.3, -0.25) is 0 Å². The van der Waals surface area contributed by atoms with E-state index >= 15 is 0 Å². The Morgan fingerprint density at radius 2 is 1.83 bits per heavy atom. The van der Waals surface area contributed by atoms with Gasteiger partial charge in [-0.25, -0.2) is 13.1 Å². The first-order chi connectivity index (χ1) is 14.6. The van der Waals surface area contributed by atoms with Gasteiger partial charge in [0.25, 0.3) is 0 Å². The van der Waals surface area contributed by atoms with E-state index in [1.54, 1.807) is 12.3 Å². The Bertz CT molecular complexity index is 1140. The third-order valence-corrected chi connectivity index (χ3v) is 6.88. The molecule has 5 rings (SSSR count). The highest BCUT2D eigenvalue weighted by Gasteiger charge is 2.30. The van der Waals surface area contributed by atoms with Crippen LogP contribution in [-0.4, -0.2) is 34.7 Å². The zero-order valence-corrected chi connectivity index (χ0v) is 17.1. The van der Waals surface area contributed by atoms with E-state index in [9.17, 15) is 8.42 Å². The molecule has 8 heteroatoms. The van der Waals surface area contributed by atoms with Gasteiger partial charge < -0.3 is 18.8 Å². The molecular formula is C22H22N2O5S. The zero-order valence-electron chi connectivity index (χ0n) is 16.3. The summed E-state index contributed by atoms with van der Waals surface area (Å²) in [6, 6.07) is 16.3. The lowest BCUT2D eigenvalue weighted by molar-refractivity contribution is 0.171. The molecule has 7 nitrogen and oxygen atoms in total. The van der Waals surface area contributed by atoms with E-state index in [0.717, 1.165) is 24.4 Å². The number of benzene rings is 2. The number of fused-ring (bicyclic) bond motifs is 2. The van der Waals surface area contributed by atoms with E-state index < -0.39 is 10.0 Å². The molecule has 0 fully saturated rings. The minimum atomic E-state index is -3.74. The van der Waals surface area contributed by atoms with Crippen molar-refractivity contribution in [2.45, 2.75) is 17.4 Å². The van der Waals surface area contributed by atoms with E-state index in [4.69, 9.17) is 13.9 Å². The highest BCUT2D eigenvalue weighted by molar-refractivity contribution is 7.89. The Hall–Kier alpha value is -2.97. The maximum absolute atomic E-state index is 13.0. The van der Waals surface area contributed by atoms with E-state index in [2.05, 4.69) is 21.8 Å². The fraction of sp³-hybridized carbons (Fsp3) is 0.273. The molecule has 1 aromatic heterocycles. The molecular weight excluding hydrogens is 404 g/mol. The standard InChI is InChI=1S/C22H22N2O5S/c25-30(26,17-7-8-21-22(14-17)29-13-12-28-21)23-15-19(20-6-3-11-27-20)24-10-9-16-4-1-2-5-18(16)24/h1-8,11,14,19,23H,9-10,12-13,15H2. The van der Waals surface area contributed by atoms with Crippen LogP contribution in [0.1, 0.15) is 17.4 Å². The Kier molecular flexibility index (Phi) is 4.88. The van der Waals surface area contributed by atoms with Crippen molar-refractivity contribution in [3.05, 3.63) is 72.2 Å². The molecule has 30 heavy (non-hydrogen) atoms. The second kappa shape index (κ2) is 7.70. The number of sulfonamides is 1. The number of ether oxygens (including phenoxy) is 2. The second-order valence-electron chi connectivity index (χ2n) is 7.26. The van der Waals surface area contributed by atoms with Crippen molar-refractivity contribution >= 4 is 15.7 Å². The normalized spacial score (nSPS) is 16.3. The van der Waals surface area contributed by atoms with Gasteiger partial charge in [-0.15, -0.1) is 0 Å². The molecule has 2 aliphatic heterocycles. The third kappa shape index (κ3) is 3.53. The average molecular weight is 426 g/mol. The van der Waals surface area contributed by atoms with Gasteiger partial charge in [0, 0.05) is 24.8 Å². The quantitative estimate of drug-likeness (QED) is 0.652. The summed E-state index contributed by atoms with van der Waals surface area (Å²) in [5, 5.41) is 0. The van der Waals surface area contributed by atoms with Gasteiger partial charge in [0.1, 0.15) is 25.0 Å². The predicted molar refractivity (Wildman–Crippen MR) is 112 cm³/mol. The summed E-state index contributed by atoms with van der Waals surface area (Å²) in [5.74, 6) is 1.72. The predicted octanol–water partition coefficient (Wildman–Crippen LogP) is 3.13. The van der Waals surface area contributed by atoms with Crippen LogP contribution in [-0.2, 0) is 16.4 Å². The number of rotatable bonds is 6. The Morgan fingerprint density at radius 3 is 2.67 bits per heavy atom. The largest absolute Gasteiger partial charge is 0.486 e. The van der Waals surface area contributed by atoms with Gasteiger partial charge in [0.2, 0.25) is 10.0 Å². The van der Waals surface area contributed by atoms with Crippen LogP contribution in [0, 0.1) is 0 Å². The molecule has 0 saturated heterocycles. The van der Waals surface area contributed by atoms with E-state index in [0.29, 0.717) is 24.7 Å². The Balaban J connectivity index is 1.40. The van der Waals surface area contributed by atoms with Crippen molar-refractivity contribution in [3.63, 3.8) is 0 Å². The van der Waals surface area contributed by atoms with Crippen molar-refractivity contribution in [2.24, 2.45) is 0 Å². The zero-order chi connectivity index (χ0) is 20.6. The number of hydrogen-bond acceptors (Lipinski definition) is 6. The second-order valence-corrected chi connectivity index (χ2v) is 9.03. The van der Waals surface area contributed by atoms with Crippen LogP contribution in [0.5, 0.6) is 11.5 Å². The molecule has 0 amide bonds. The summed E-state index contributed by atoms with van der Waals surface area (Å²) in [7, 11) is -3.74. The average Bonchev–Trinajstić information content (AvgIpc) is 3.45. The molecule has 1 unspecified atom stereocenters. The van der Waals surface area contributed by atoms with Crippen LogP contribution >= 0.6 is 0 Å². The first-order valence-corrected chi connectivity index (χ1v) is 11.4. The van der Waals surface area contributed by atoms with Crippen molar-refractivity contribution < 1.29 is 22.3 Å². The van der Waals surface area contributed by atoms with E-state index in [-0.39, 0.29) is 17.5 Å². The van der Waals surface area contributed by atoms with Crippen molar-refractivity contribution in [1.82, 2.24) is 4.72 Å². The molecule has 2 aliphatic rings. The summed E-state index contributed by atoms with van der Waals surface area (Å²) in [6.45, 7) is 1.84. The number of nitrogens with one attached hydrogen (secondary N) is 1. The molecule has 0 radical (unpaired) electrons. The van der Waals surface area contributed by atoms with Gasteiger partial charge in [-0.05, 0) is 42.3 Å². The highest BCUT2D eigenvalue weighted by atomic mass is 32.2. The van der Waals surface area contributed by atoms with Crippen LogP contribution in [0.2, 0.25) is 0 Å². The first kappa shape index (κ1) is 19.0. The van der Waals surface area contributed by atoms with Gasteiger partial charge in [0.05, 0.1) is 11.2 Å². The number of anilines is 1. The summed E-state index contributed by atoms with van der Waals surface area (Å²) < 4.78 is 45.4. The molecule has 156 valence electrons. The fourth-order valence-corrected chi connectivity index (χ4v) is 5.05. The number of hydrogen-bond donors (Lipinski definition) is 1. The first-order valence-electron chi connectivity index (χ1n) is 9.89. The molecule has 1 N–H and O–H groups in total. The molecule has 0 bridgehead atoms. The Morgan fingerprint density at radius 1 is 1.00 bits per heavy atom. The van der Waals surface area contributed by atoms with Crippen molar-refractivity contribution in [1.29, 1.82) is 0 Å². The SMILES string of the molecule is O=S(=O)(NCC(c1ccco1)N1CCc2ccccc21)c1ccc2c(c1)OCCO2. The maximum Gasteiger partial charge on any atom is 0.240 e. The van der Waals surface area contributed by atoms with E-state index in [1.807, 2.05) is 24.3 Å². The van der Waals surface area contributed by atoms with Gasteiger partial charge in [0.15, 0.2) is 11.5 Å². The summed E-state index contributed by atoms with van der Waals surface area (Å²) in [6.07, 6.45) is 2.53. The lowest BCUT2D eigenvalue weighted by Gasteiger charge is -2.29. The molecule has 0 aliphatic carbocycles. The number of para-hydroxylation sites is 1. The number of furan rings is 1. The van der Waals surface area contributed by atoms with Gasteiger partial charge in [-0.1, -0.05) is 18.2 Å². The lowest BCUT2D eigenvalue weighted by Crippen LogP contribution is -2.37. The highest BCUT2D eigenvalue weighted by Crippen LogP contribution is 2.36. The molecule has 0 saturated carbocycles. The minimum Gasteiger partial charge on any atom is -0.486 e. The molecule has 1 atom stereocenters. The topological polar surface area (TPSA) is 81.0 Å². The van der Waals surface area contributed by atoms with Crippen LogP contribution in [0.15, 0.2) is 70.2 Å². The van der Waals surface area contributed by atoms with Crippen LogP contribution in [0.3, 0.4) is 0 Å². The lowest BCUT2D eigenvalue weighted by atomic mass is 10.1. The maximum atomic E-state index is 13.0. The monoisotopic (exact) mass is 426 g/mol. The van der Waals surface area contributed by atoms with Gasteiger partial charge in [-0.2, -0.15) is 0 Å². The summed E-state index contributed by atoms with van der Waals surface area (Å²) in [4.78, 5) is 2.34. The smallest absolute Gasteiger partial charge is 0.240 e. The molecule has 3 aromatic rings. The minimum absolute atomic E-state index is 0.145.